The second-order valence-corrected chi connectivity index (χ2v) is 3.56. The Kier molecular flexibility index (Phi) is 2.54. The van der Waals surface area contributed by atoms with Gasteiger partial charge in [-0.1, -0.05) is 17.7 Å². The summed E-state index contributed by atoms with van der Waals surface area (Å²) in [4.78, 5) is 22.1. The van der Waals surface area contributed by atoms with Gasteiger partial charge in [0.05, 0.1) is 5.69 Å². The number of carboxylic acid groups (broad SMARTS) is 1. The van der Waals surface area contributed by atoms with Crippen molar-refractivity contribution in [2.45, 2.75) is 0 Å². The van der Waals surface area contributed by atoms with E-state index in [0.717, 1.165) is 10.7 Å². The highest BCUT2D eigenvalue weighted by Gasteiger charge is 2.10. The van der Waals surface area contributed by atoms with Gasteiger partial charge in [0, 0.05) is 11.1 Å². The Labute approximate surface area is 94.9 Å². The number of halogens is 1. The molecule has 1 aromatic carbocycles. The minimum Gasteiger partial charge on any atom is -0.477 e. The molecule has 0 aliphatic heterocycles. The Morgan fingerprint density at radius 1 is 1.38 bits per heavy atom. The van der Waals surface area contributed by atoms with Crippen molar-refractivity contribution in [1.29, 1.82) is 0 Å². The SMILES string of the molecule is O=C(O)c1cc(=O)n(-c2cccc(Cl)c2)[nH]1. The van der Waals surface area contributed by atoms with Crippen molar-refractivity contribution >= 4 is 17.6 Å². The molecule has 2 rings (SSSR count). The first kappa shape index (κ1) is 10.5. The molecular formula is C10H7ClN2O3. The molecule has 6 heteroatoms. The largest absolute Gasteiger partial charge is 0.477 e. The standard InChI is InChI=1S/C10H7ClN2O3/c11-6-2-1-3-7(4-6)13-9(14)5-8(12-13)10(15)16/h1-5,12H,(H,15,16). The third kappa shape index (κ3) is 1.85. The van der Waals surface area contributed by atoms with E-state index in [1.54, 1.807) is 24.3 Å². The summed E-state index contributed by atoms with van der Waals surface area (Å²) in [6.07, 6.45) is 0. The highest BCUT2D eigenvalue weighted by Crippen LogP contribution is 2.12. The van der Waals surface area contributed by atoms with Crippen LogP contribution >= 0.6 is 11.6 Å². The Morgan fingerprint density at radius 3 is 2.69 bits per heavy atom. The lowest BCUT2D eigenvalue weighted by molar-refractivity contribution is 0.0690. The number of aromatic nitrogens is 2. The summed E-state index contributed by atoms with van der Waals surface area (Å²) >= 11 is 5.77. The second kappa shape index (κ2) is 3.86. The number of aromatic amines is 1. The zero-order valence-corrected chi connectivity index (χ0v) is 8.73. The molecule has 0 saturated heterocycles. The van der Waals surface area contributed by atoms with Gasteiger partial charge in [0.25, 0.3) is 5.56 Å². The molecule has 1 aromatic heterocycles. The number of hydrogen-bond acceptors (Lipinski definition) is 2. The number of benzene rings is 1. The van der Waals surface area contributed by atoms with E-state index in [1.165, 1.54) is 0 Å². The van der Waals surface area contributed by atoms with Gasteiger partial charge < -0.3 is 5.11 Å². The summed E-state index contributed by atoms with van der Waals surface area (Å²) in [6.45, 7) is 0. The van der Waals surface area contributed by atoms with Crippen LogP contribution in [0.3, 0.4) is 0 Å². The van der Waals surface area contributed by atoms with Crippen molar-refractivity contribution in [3.05, 3.63) is 51.4 Å². The van der Waals surface area contributed by atoms with Crippen LogP contribution in [-0.4, -0.2) is 20.9 Å². The molecule has 0 saturated carbocycles. The van der Waals surface area contributed by atoms with E-state index in [-0.39, 0.29) is 5.69 Å². The quantitative estimate of drug-likeness (QED) is 0.833. The number of carboxylic acids is 1. The van der Waals surface area contributed by atoms with Gasteiger partial charge in [-0.2, -0.15) is 0 Å². The van der Waals surface area contributed by atoms with E-state index >= 15 is 0 Å². The molecule has 0 bridgehead atoms. The lowest BCUT2D eigenvalue weighted by Gasteiger charge is -2.01. The minimum atomic E-state index is -1.18. The molecule has 5 nitrogen and oxygen atoms in total. The van der Waals surface area contributed by atoms with Crippen molar-refractivity contribution in [2.24, 2.45) is 0 Å². The van der Waals surface area contributed by atoms with E-state index < -0.39 is 11.5 Å². The normalized spacial score (nSPS) is 10.3. The highest BCUT2D eigenvalue weighted by molar-refractivity contribution is 6.30. The first-order valence-electron chi connectivity index (χ1n) is 4.39. The fraction of sp³-hybridized carbons (Fsp3) is 0. The smallest absolute Gasteiger partial charge is 0.353 e. The maximum absolute atomic E-state index is 11.5. The predicted octanol–water partition coefficient (Wildman–Crippen LogP) is 1.52. The van der Waals surface area contributed by atoms with Crippen molar-refractivity contribution < 1.29 is 9.90 Å². The molecule has 0 amide bonds. The monoisotopic (exact) mass is 238 g/mol. The fourth-order valence-corrected chi connectivity index (χ4v) is 1.50. The number of rotatable bonds is 2. The molecule has 0 unspecified atom stereocenters. The first-order chi connectivity index (χ1) is 7.58. The zero-order chi connectivity index (χ0) is 11.7. The Balaban J connectivity index is 2.56. The molecule has 82 valence electrons. The Morgan fingerprint density at radius 2 is 2.12 bits per heavy atom. The minimum absolute atomic E-state index is 0.162. The molecule has 0 atom stereocenters. The number of aromatic carboxylic acids is 1. The highest BCUT2D eigenvalue weighted by atomic mass is 35.5. The van der Waals surface area contributed by atoms with Gasteiger partial charge >= 0.3 is 5.97 Å². The maximum Gasteiger partial charge on any atom is 0.353 e. The van der Waals surface area contributed by atoms with Crippen LogP contribution in [0.5, 0.6) is 0 Å². The van der Waals surface area contributed by atoms with Gasteiger partial charge in [0.15, 0.2) is 0 Å². The Bertz CT molecular complexity index is 600. The van der Waals surface area contributed by atoms with Crippen LogP contribution in [0.15, 0.2) is 35.1 Å². The van der Waals surface area contributed by atoms with Crippen molar-refractivity contribution in [3.63, 3.8) is 0 Å². The second-order valence-electron chi connectivity index (χ2n) is 3.13. The summed E-state index contributed by atoms with van der Waals surface area (Å²) in [6, 6.07) is 7.56. The first-order valence-corrected chi connectivity index (χ1v) is 4.77. The summed E-state index contributed by atoms with van der Waals surface area (Å²) in [5.74, 6) is -1.18. The lowest BCUT2D eigenvalue weighted by Crippen LogP contribution is -2.13. The molecular weight excluding hydrogens is 232 g/mol. The number of nitrogens with zero attached hydrogens (tertiary/aromatic N) is 1. The molecule has 2 N–H and O–H groups in total. The molecule has 0 aliphatic rings. The molecule has 2 aromatic rings. The molecule has 0 radical (unpaired) electrons. The van der Waals surface area contributed by atoms with E-state index in [2.05, 4.69) is 5.10 Å². The van der Waals surface area contributed by atoms with Crippen LogP contribution in [0.2, 0.25) is 5.02 Å². The molecule has 0 spiro atoms. The summed E-state index contributed by atoms with van der Waals surface area (Å²) < 4.78 is 1.12. The van der Waals surface area contributed by atoms with Gasteiger partial charge in [-0.05, 0) is 18.2 Å². The summed E-state index contributed by atoms with van der Waals surface area (Å²) in [5.41, 5.74) is -0.116. The Hall–Kier alpha value is -2.01. The molecule has 0 fully saturated rings. The average molecular weight is 239 g/mol. The molecule has 0 aliphatic carbocycles. The topological polar surface area (TPSA) is 75.1 Å². The van der Waals surface area contributed by atoms with E-state index in [9.17, 15) is 9.59 Å². The van der Waals surface area contributed by atoms with Crippen LogP contribution in [0.25, 0.3) is 5.69 Å². The molecule has 1 heterocycles. The fourth-order valence-electron chi connectivity index (χ4n) is 1.31. The summed E-state index contributed by atoms with van der Waals surface area (Å²) in [5, 5.41) is 11.7. The van der Waals surface area contributed by atoms with Crippen molar-refractivity contribution in [1.82, 2.24) is 9.78 Å². The van der Waals surface area contributed by atoms with Gasteiger partial charge in [-0.3, -0.25) is 9.89 Å². The lowest BCUT2D eigenvalue weighted by atomic mass is 10.3. The molecule has 16 heavy (non-hydrogen) atoms. The van der Waals surface area contributed by atoms with Gasteiger partial charge in [-0.15, -0.1) is 0 Å². The van der Waals surface area contributed by atoms with Crippen LogP contribution < -0.4 is 5.56 Å². The number of carbonyl (C=O) groups is 1. The predicted molar refractivity (Wildman–Crippen MR) is 58.4 cm³/mol. The van der Waals surface area contributed by atoms with E-state index in [4.69, 9.17) is 16.7 Å². The third-order valence-corrected chi connectivity index (χ3v) is 2.25. The summed E-state index contributed by atoms with van der Waals surface area (Å²) in [7, 11) is 0. The van der Waals surface area contributed by atoms with Gasteiger partial charge in [-0.25, -0.2) is 9.48 Å². The van der Waals surface area contributed by atoms with E-state index in [0.29, 0.717) is 10.7 Å². The van der Waals surface area contributed by atoms with Crippen LogP contribution in [0, 0.1) is 0 Å². The van der Waals surface area contributed by atoms with Gasteiger partial charge in [0.2, 0.25) is 0 Å². The van der Waals surface area contributed by atoms with Crippen molar-refractivity contribution in [2.75, 3.05) is 0 Å². The van der Waals surface area contributed by atoms with Gasteiger partial charge in [0.1, 0.15) is 5.69 Å². The van der Waals surface area contributed by atoms with E-state index in [1.807, 2.05) is 0 Å². The number of nitrogens with one attached hydrogen (secondary N) is 1. The van der Waals surface area contributed by atoms with Crippen LogP contribution in [0.1, 0.15) is 10.5 Å². The number of H-pyrrole nitrogens is 1. The number of hydrogen-bond donors (Lipinski definition) is 2. The van der Waals surface area contributed by atoms with Crippen molar-refractivity contribution in [3.8, 4) is 5.69 Å². The third-order valence-electron chi connectivity index (χ3n) is 2.02. The maximum atomic E-state index is 11.5. The van der Waals surface area contributed by atoms with Crippen LogP contribution in [0.4, 0.5) is 0 Å². The van der Waals surface area contributed by atoms with Crippen LogP contribution in [-0.2, 0) is 0 Å². The average Bonchev–Trinajstić information content (AvgIpc) is 2.60. The zero-order valence-electron chi connectivity index (χ0n) is 7.98.